The Bertz CT molecular complexity index is 648. The van der Waals surface area contributed by atoms with E-state index in [-0.39, 0.29) is 5.91 Å². The third-order valence-electron chi connectivity index (χ3n) is 2.84. The lowest BCUT2D eigenvalue weighted by Crippen LogP contribution is -2.30. The van der Waals surface area contributed by atoms with Crippen LogP contribution in [-0.2, 0) is 6.54 Å². The summed E-state index contributed by atoms with van der Waals surface area (Å²) in [6.45, 7) is 4.60. The van der Waals surface area contributed by atoms with Crippen LogP contribution >= 0.6 is 22.9 Å². The molecule has 4 N–H and O–H groups in total. The summed E-state index contributed by atoms with van der Waals surface area (Å²) in [5.41, 5.74) is 12.9. The molecule has 2 aromatic rings. The van der Waals surface area contributed by atoms with Crippen molar-refractivity contribution < 1.29 is 4.79 Å². The predicted molar refractivity (Wildman–Crippen MR) is 89.5 cm³/mol. The number of benzene rings is 1. The number of amides is 1. The van der Waals surface area contributed by atoms with Crippen LogP contribution in [0.1, 0.15) is 15.2 Å². The molecule has 0 atom stereocenters. The average molecular weight is 322 g/mol. The molecule has 0 saturated heterocycles. The van der Waals surface area contributed by atoms with Crippen molar-refractivity contribution in [2.24, 2.45) is 0 Å². The van der Waals surface area contributed by atoms with Crippen LogP contribution in [0.3, 0.4) is 0 Å². The summed E-state index contributed by atoms with van der Waals surface area (Å²) < 4.78 is 0.698. The number of thiophene rings is 1. The van der Waals surface area contributed by atoms with E-state index >= 15 is 0 Å². The van der Waals surface area contributed by atoms with Crippen LogP contribution in [0.5, 0.6) is 0 Å². The van der Waals surface area contributed by atoms with E-state index in [2.05, 4.69) is 6.58 Å². The highest BCUT2D eigenvalue weighted by Crippen LogP contribution is 2.24. The zero-order valence-corrected chi connectivity index (χ0v) is 13.0. The van der Waals surface area contributed by atoms with E-state index in [1.165, 1.54) is 11.3 Å². The van der Waals surface area contributed by atoms with Gasteiger partial charge in [0.15, 0.2) is 0 Å². The second-order valence-electron chi connectivity index (χ2n) is 4.57. The number of hydrogen-bond acceptors (Lipinski definition) is 4. The fourth-order valence-corrected chi connectivity index (χ4v) is 3.09. The van der Waals surface area contributed by atoms with Gasteiger partial charge in [0.2, 0.25) is 0 Å². The molecule has 0 spiro atoms. The minimum atomic E-state index is -0.140. The molecule has 0 bridgehead atoms. The third kappa shape index (κ3) is 4.00. The highest BCUT2D eigenvalue weighted by molar-refractivity contribution is 7.16. The Morgan fingerprint density at radius 2 is 1.95 bits per heavy atom. The molecule has 1 aromatic carbocycles. The molecule has 1 heterocycles. The molecule has 0 saturated carbocycles. The minimum absolute atomic E-state index is 0.140. The Morgan fingerprint density at radius 1 is 1.29 bits per heavy atom. The Kier molecular flexibility index (Phi) is 4.88. The molecule has 0 unspecified atom stereocenters. The lowest BCUT2D eigenvalue weighted by Gasteiger charge is -2.21. The molecule has 1 aromatic heterocycles. The van der Waals surface area contributed by atoms with Gasteiger partial charge in [-0.2, -0.15) is 0 Å². The van der Waals surface area contributed by atoms with Crippen molar-refractivity contribution in [2.45, 2.75) is 6.54 Å². The molecular weight excluding hydrogens is 306 g/mol. The van der Waals surface area contributed by atoms with Crippen LogP contribution in [0, 0.1) is 0 Å². The van der Waals surface area contributed by atoms with Gasteiger partial charge in [0.1, 0.15) is 0 Å². The lowest BCUT2D eigenvalue weighted by atomic mass is 10.1. The molecule has 0 aliphatic rings. The van der Waals surface area contributed by atoms with Gasteiger partial charge in [-0.15, -0.1) is 17.9 Å². The smallest absolute Gasteiger partial charge is 0.254 e. The highest BCUT2D eigenvalue weighted by atomic mass is 35.5. The number of halogens is 1. The van der Waals surface area contributed by atoms with E-state index < -0.39 is 0 Å². The van der Waals surface area contributed by atoms with E-state index in [1.807, 2.05) is 12.1 Å². The molecular formula is C15H16ClN3OS. The number of nitrogens with two attached hydrogens (primary N) is 2. The average Bonchev–Trinajstić information content (AvgIpc) is 2.82. The molecule has 0 fully saturated rings. The van der Waals surface area contributed by atoms with Crippen LogP contribution in [0.2, 0.25) is 4.34 Å². The van der Waals surface area contributed by atoms with Gasteiger partial charge < -0.3 is 16.4 Å². The number of rotatable bonds is 5. The number of hydrogen-bond donors (Lipinski definition) is 2. The van der Waals surface area contributed by atoms with Crippen molar-refractivity contribution in [1.29, 1.82) is 0 Å². The fraction of sp³-hybridized carbons (Fsp3) is 0.133. The van der Waals surface area contributed by atoms with Gasteiger partial charge >= 0.3 is 0 Å². The standard InChI is InChI=1S/C15H16ClN3OS/c1-2-5-19(9-13-3-4-14(16)21-13)15(20)10-6-11(17)8-12(18)7-10/h2-4,6-8H,1,5,9,17-18H2. The number of carbonyl (C=O) groups is 1. The number of nitrogen functional groups attached to an aromatic ring is 2. The molecule has 110 valence electrons. The molecule has 0 aliphatic heterocycles. The Morgan fingerprint density at radius 3 is 2.48 bits per heavy atom. The van der Waals surface area contributed by atoms with Gasteiger partial charge in [0.25, 0.3) is 5.91 Å². The summed E-state index contributed by atoms with van der Waals surface area (Å²) in [5, 5.41) is 0. The largest absolute Gasteiger partial charge is 0.399 e. The number of carbonyl (C=O) groups excluding carboxylic acids is 1. The SMILES string of the molecule is C=CCN(Cc1ccc(Cl)s1)C(=O)c1cc(N)cc(N)c1. The van der Waals surface area contributed by atoms with Gasteiger partial charge in [-0.25, -0.2) is 0 Å². The summed E-state index contributed by atoms with van der Waals surface area (Å²) in [5.74, 6) is -0.140. The Labute approximate surface area is 132 Å². The highest BCUT2D eigenvalue weighted by Gasteiger charge is 2.16. The first-order valence-corrected chi connectivity index (χ1v) is 7.49. The van der Waals surface area contributed by atoms with Crippen molar-refractivity contribution >= 4 is 40.2 Å². The van der Waals surface area contributed by atoms with Crippen LogP contribution in [0.15, 0.2) is 43.0 Å². The second kappa shape index (κ2) is 6.65. The lowest BCUT2D eigenvalue weighted by molar-refractivity contribution is 0.0764. The van der Waals surface area contributed by atoms with Crippen LogP contribution in [0.25, 0.3) is 0 Å². The quantitative estimate of drug-likeness (QED) is 0.655. The topological polar surface area (TPSA) is 72.3 Å². The van der Waals surface area contributed by atoms with Crippen molar-refractivity contribution in [3.63, 3.8) is 0 Å². The molecule has 6 heteroatoms. The monoisotopic (exact) mass is 321 g/mol. The van der Waals surface area contributed by atoms with E-state index in [0.29, 0.717) is 34.4 Å². The molecule has 1 amide bonds. The van der Waals surface area contributed by atoms with E-state index in [0.717, 1.165) is 4.88 Å². The Hall–Kier alpha value is -1.98. The van der Waals surface area contributed by atoms with Crippen LogP contribution in [0.4, 0.5) is 11.4 Å². The van der Waals surface area contributed by atoms with E-state index in [1.54, 1.807) is 29.2 Å². The number of anilines is 2. The van der Waals surface area contributed by atoms with Gasteiger partial charge in [-0.05, 0) is 30.3 Å². The second-order valence-corrected chi connectivity index (χ2v) is 6.37. The van der Waals surface area contributed by atoms with Crippen LogP contribution in [-0.4, -0.2) is 17.4 Å². The molecule has 21 heavy (non-hydrogen) atoms. The summed E-state index contributed by atoms with van der Waals surface area (Å²) in [4.78, 5) is 15.3. The maximum atomic E-state index is 12.6. The molecule has 0 aliphatic carbocycles. The van der Waals surface area contributed by atoms with Gasteiger partial charge in [-0.1, -0.05) is 17.7 Å². The van der Waals surface area contributed by atoms with Crippen molar-refractivity contribution in [3.8, 4) is 0 Å². The van der Waals surface area contributed by atoms with Gasteiger partial charge in [-0.3, -0.25) is 4.79 Å². The van der Waals surface area contributed by atoms with Crippen molar-refractivity contribution in [2.75, 3.05) is 18.0 Å². The fourth-order valence-electron chi connectivity index (χ4n) is 1.98. The van der Waals surface area contributed by atoms with Gasteiger partial charge in [0, 0.05) is 28.4 Å². The zero-order chi connectivity index (χ0) is 15.4. The first-order chi connectivity index (χ1) is 9.99. The first-order valence-electron chi connectivity index (χ1n) is 6.30. The molecule has 2 rings (SSSR count). The summed E-state index contributed by atoms with van der Waals surface area (Å²) >= 11 is 7.37. The molecule has 4 nitrogen and oxygen atoms in total. The summed E-state index contributed by atoms with van der Waals surface area (Å²) in [6, 6.07) is 8.58. The van der Waals surface area contributed by atoms with E-state index in [4.69, 9.17) is 23.1 Å². The molecule has 0 radical (unpaired) electrons. The van der Waals surface area contributed by atoms with Crippen molar-refractivity contribution in [3.05, 3.63) is 57.8 Å². The predicted octanol–water partition coefficient (Wildman–Crippen LogP) is 3.39. The van der Waals surface area contributed by atoms with E-state index in [9.17, 15) is 4.79 Å². The zero-order valence-electron chi connectivity index (χ0n) is 11.4. The normalized spacial score (nSPS) is 10.3. The first kappa shape index (κ1) is 15.4. The maximum Gasteiger partial charge on any atom is 0.254 e. The van der Waals surface area contributed by atoms with Gasteiger partial charge in [0.05, 0.1) is 10.9 Å². The Balaban J connectivity index is 2.24. The summed E-state index contributed by atoms with van der Waals surface area (Å²) in [7, 11) is 0. The number of nitrogens with zero attached hydrogens (tertiary/aromatic N) is 1. The summed E-state index contributed by atoms with van der Waals surface area (Å²) in [6.07, 6.45) is 1.68. The van der Waals surface area contributed by atoms with Crippen LogP contribution < -0.4 is 11.5 Å². The third-order valence-corrected chi connectivity index (χ3v) is 4.05. The minimum Gasteiger partial charge on any atom is -0.399 e. The van der Waals surface area contributed by atoms with Crippen molar-refractivity contribution in [1.82, 2.24) is 4.90 Å². The maximum absolute atomic E-state index is 12.6.